The van der Waals surface area contributed by atoms with Gasteiger partial charge in [0.05, 0.1) is 26.4 Å². The van der Waals surface area contributed by atoms with Crippen molar-refractivity contribution in [1.82, 2.24) is 0 Å². The number of aliphatic hydroxyl groups is 1. The summed E-state index contributed by atoms with van der Waals surface area (Å²) in [7, 11) is -9.90. The van der Waals surface area contributed by atoms with Gasteiger partial charge in [0.1, 0.15) is 19.3 Å². The fourth-order valence-corrected chi connectivity index (χ4v) is 12.8. The highest BCUT2D eigenvalue weighted by molar-refractivity contribution is 7.47. The molecule has 6 atom stereocenters. The highest BCUT2D eigenvalue weighted by Gasteiger charge is 2.30. The van der Waals surface area contributed by atoms with Crippen molar-refractivity contribution < 1.29 is 80.2 Å². The van der Waals surface area contributed by atoms with E-state index < -0.39 is 97.5 Å². The molecule has 0 rings (SSSR count). The minimum Gasteiger partial charge on any atom is -0.462 e. The predicted octanol–water partition coefficient (Wildman–Crippen LogP) is 21.6. The van der Waals surface area contributed by atoms with E-state index in [0.29, 0.717) is 25.7 Å². The van der Waals surface area contributed by atoms with Gasteiger partial charge >= 0.3 is 39.5 Å². The van der Waals surface area contributed by atoms with Crippen LogP contribution in [0.2, 0.25) is 0 Å². The van der Waals surface area contributed by atoms with Gasteiger partial charge in [0.25, 0.3) is 0 Å². The van der Waals surface area contributed by atoms with Gasteiger partial charge in [0, 0.05) is 25.7 Å². The standard InChI is InChI=1S/C74H144O17P2/c1-7-10-12-14-16-18-32-38-44-50-56-71(76)84-62-69(90-73(78)58-52-46-40-33-19-17-15-13-11-8-2)64-88-92(80,81)86-60-68(75)61-87-93(82,83)89-65-70(63-85-72(77)57-51-45-39-34-28-25-24-26-30-36-42-48-54-66(4)5)91-74(79)59-53-47-41-35-29-23-21-20-22-27-31-37-43-49-55-67(6)9-3/h66-70,75H,7-65H2,1-6H3,(H,80,81)(H,82,83)/t67?,68-,69+,70+/m0/s1. The summed E-state index contributed by atoms with van der Waals surface area (Å²) in [5.41, 5.74) is 0. The molecule has 0 spiro atoms. The highest BCUT2D eigenvalue weighted by Crippen LogP contribution is 2.45. The molecule has 0 saturated carbocycles. The highest BCUT2D eigenvalue weighted by atomic mass is 31.2. The first-order chi connectivity index (χ1) is 44.9. The van der Waals surface area contributed by atoms with Crippen LogP contribution in [-0.4, -0.2) is 96.7 Å². The largest absolute Gasteiger partial charge is 0.472 e. The molecule has 0 aliphatic heterocycles. The first-order valence-corrected chi connectivity index (χ1v) is 41.5. The lowest BCUT2D eigenvalue weighted by molar-refractivity contribution is -0.161. The molecule has 0 aliphatic rings. The van der Waals surface area contributed by atoms with E-state index in [1.165, 1.54) is 199 Å². The van der Waals surface area contributed by atoms with Crippen LogP contribution in [-0.2, 0) is 65.4 Å². The van der Waals surface area contributed by atoms with E-state index in [2.05, 4.69) is 41.5 Å². The van der Waals surface area contributed by atoms with E-state index in [4.69, 9.17) is 37.0 Å². The maximum absolute atomic E-state index is 13.1. The normalized spacial score (nSPS) is 14.3. The number of ether oxygens (including phenoxy) is 4. The lowest BCUT2D eigenvalue weighted by Gasteiger charge is -2.21. The van der Waals surface area contributed by atoms with E-state index in [1.54, 1.807) is 0 Å². The molecule has 0 saturated heterocycles. The predicted molar refractivity (Wildman–Crippen MR) is 377 cm³/mol. The molecule has 0 radical (unpaired) electrons. The zero-order valence-electron chi connectivity index (χ0n) is 60.6. The Morgan fingerprint density at radius 2 is 0.548 bits per heavy atom. The molecule has 0 aromatic heterocycles. The molecular weight excluding hydrogens is 1220 g/mol. The van der Waals surface area contributed by atoms with Crippen LogP contribution in [0.3, 0.4) is 0 Å². The molecule has 0 bridgehead atoms. The molecule has 0 aliphatic carbocycles. The number of rotatable bonds is 73. The van der Waals surface area contributed by atoms with Crippen LogP contribution in [0.15, 0.2) is 0 Å². The SMILES string of the molecule is CCCCCCCCCCCCC(=O)OC[C@H](COP(=O)(O)OC[C@H](O)COP(=O)(O)OC[C@@H](COC(=O)CCCCCCCCCCCCCCC(C)C)OC(=O)CCCCCCCCCCCCCCCCC(C)CC)OC(=O)CCCCCCCCCCCC. The summed E-state index contributed by atoms with van der Waals surface area (Å²) in [5.74, 6) is -0.490. The van der Waals surface area contributed by atoms with Gasteiger partial charge in [-0.3, -0.25) is 37.3 Å². The van der Waals surface area contributed by atoms with Crippen LogP contribution in [0.25, 0.3) is 0 Å². The summed E-state index contributed by atoms with van der Waals surface area (Å²) in [6.07, 6.45) is 52.5. The third-order valence-corrected chi connectivity index (χ3v) is 19.5. The number of esters is 4. The lowest BCUT2D eigenvalue weighted by atomic mass is 9.99. The summed E-state index contributed by atoms with van der Waals surface area (Å²) in [5, 5.41) is 10.6. The monoisotopic (exact) mass is 1370 g/mol. The summed E-state index contributed by atoms with van der Waals surface area (Å²) in [6, 6.07) is 0. The Morgan fingerprint density at radius 1 is 0.312 bits per heavy atom. The summed E-state index contributed by atoms with van der Waals surface area (Å²) in [4.78, 5) is 72.7. The minimum absolute atomic E-state index is 0.107. The zero-order chi connectivity index (χ0) is 68.6. The maximum atomic E-state index is 13.1. The van der Waals surface area contributed by atoms with Crippen LogP contribution >= 0.6 is 15.6 Å². The second-order valence-corrected chi connectivity index (χ2v) is 30.3. The average Bonchev–Trinajstić information content (AvgIpc) is 2.14. The number of carbonyl (C=O) groups excluding carboxylic acids is 4. The quantitative estimate of drug-likeness (QED) is 0.0222. The van der Waals surface area contributed by atoms with Crippen LogP contribution in [0.5, 0.6) is 0 Å². The molecule has 0 aromatic rings. The number of phosphoric acid groups is 2. The van der Waals surface area contributed by atoms with Gasteiger partial charge in [-0.15, -0.1) is 0 Å². The number of carbonyl (C=O) groups is 4. The first-order valence-electron chi connectivity index (χ1n) is 38.5. The molecule has 19 heteroatoms. The Bertz CT molecular complexity index is 1810. The smallest absolute Gasteiger partial charge is 0.462 e. The average molecular weight is 1370 g/mol. The summed E-state index contributed by atoms with van der Waals surface area (Å²) in [6.45, 7) is 9.63. The number of phosphoric ester groups is 2. The summed E-state index contributed by atoms with van der Waals surface area (Å²) >= 11 is 0. The van der Waals surface area contributed by atoms with Crippen molar-refractivity contribution in [3.8, 4) is 0 Å². The lowest BCUT2D eigenvalue weighted by Crippen LogP contribution is -2.30. The van der Waals surface area contributed by atoms with Gasteiger partial charge in [-0.2, -0.15) is 0 Å². The Morgan fingerprint density at radius 3 is 0.817 bits per heavy atom. The van der Waals surface area contributed by atoms with E-state index in [1.807, 2.05) is 0 Å². The van der Waals surface area contributed by atoms with E-state index in [9.17, 15) is 43.2 Å². The van der Waals surface area contributed by atoms with Gasteiger partial charge in [-0.05, 0) is 37.5 Å². The topological polar surface area (TPSA) is 237 Å². The summed E-state index contributed by atoms with van der Waals surface area (Å²) < 4.78 is 68.4. The Kier molecular flexibility index (Phi) is 64.6. The third-order valence-electron chi connectivity index (χ3n) is 17.6. The van der Waals surface area contributed by atoms with Gasteiger partial charge in [0.2, 0.25) is 0 Å². The molecule has 0 fully saturated rings. The molecule has 0 amide bonds. The van der Waals surface area contributed by atoms with E-state index in [-0.39, 0.29) is 25.7 Å². The fraction of sp³-hybridized carbons (Fsp3) is 0.946. The molecule has 0 heterocycles. The van der Waals surface area contributed by atoms with Crippen LogP contribution in [0.4, 0.5) is 0 Å². The van der Waals surface area contributed by atoms with Crippen molar-refractivity contribution >= 4 is 39.5 Å². The first kappa shape index (κ1) is 91.1. The third kappa shape index (κ3) is 67.0. The van der Waals surface area contributed by atoms with Gasteiger partial charge in [0.15, 0.2) is 12.2 Å². The Balaban J connectivity index is 5.23. The van der Waals surface area contributed by atoms with E-state index >= 15 is 0 Å². The second kappa shape index (κ2) is 66.0. The molecule has 552 valence electrons. The molecule has 3 unspecified atom stereocenters. The van der Waals surface area contributed by atoms with Crippen LogP contribution < -0.4 is 0 Å². The molecule has 17 nitrogen and oxygen atoms in total. The van der Waals surface area contributed by atoms with Gasteiger partial charge in [-0.25, -0.2) is 9.13 Å². The molecule has 93 heavy (non-hydrogen) atoms. The van der Waals surface area contributed by atoms with Crippen molar-refractivity contribution in [1.29, 1.82) is 0 Å². The van der Waals surface area contributed by atoms with Crippen molar-refractivity contribution in [2.45, 2.75) is 400 Å². The van der Waals surface area contributed by atoms with Crippen molar-refractivity contribution in [2.75, 3.05) is 39.6 Å². The number of aliphatic hydroxyl groups excluding tert-OH is 1. The Hall–Kier alpha value is -1.94. The van der Waals surface area contributed by atoms with Gasteiger partial charge < -0.3 is 33.8 Å². The van der Waals surface area contributed by atoms with Crippen molar-refractivity contribution in [3.63, 3.8) is 0 Å². The zero-order valence-corrected chi connectivity index (χ0v) is 62.3. The van der Waals surface area contributed by atoms with Gasteiger partial charge in [-0.1, -0.05) is 330 Å². The van der Waals surface area contributed by atoms with Crippen molar-refractivity contribution in [2.24, 2.45) is 11.8 Å². The Labute approximate surface area is 568 Å². The minimum atomic E-state index is -4.96. The van der Waals surface area contributed by atoms with Crippen LogP contribution in [0.1, 0.15) is 382 Å². The molecule has 0 aromatic carbocycles. The molecule has 3 N–H and O–H groups in total. The maximum Gasteiger partial charge on any atom is 0.472 e. The number of hydrogen-bond acceptors (Lipinski definition) is 15. The fourth-order valence-electron chi connectivity index (χ4n) is 11.3. The number of hydrogen-bond donors (Lipinski definition) is 3. The van der Waals surface area contributed by atoms with Crippen LogP contribution in [0, 0.1) is 11.8 Å². The second-order valence-electron chi connectivity index (χ2n) is 27.4. The number of unbranched alkanes of at least 4 members (excludes halogenated alkanes) is 42. The molecular formula is C74H144O17P2. The van der Waals surface area contributed by atoms with Crippen molar-refractivity contribution in [3.05, 3.63) is 0 Å². The van der Waals surface area contributed by atoms with E-state index in [0.717, 1.165) is 102 Å².